The first kappa shape index (κ1) is 9.58. The van der Waals surface area contributed by atoms with Gasteiger partial charge in [0.15, 0.2) is 5.82 Å². The van der Waals surface area contributed by atoms with Crippen molar-refractivity contribution < 1.29 is 4.39 Å². The third-order valence-corrected chi connectivity index (χ3v) is 2.13. The van der Waals surface area contributed by atoms with E-state index in [1.54, 1.807) is 12.1 Å². The maximum absolute atomic E-state index is 13.4. The number of nitrogens with two attached hydrogens (primary N) is 1. The number of pyridine rings is 2. The second-order valence-electron chi connectivity index (χ2n) is 3.29. The Bertz CT molecular complexity index is 497. The van der Waals surface area contributed by atoms with E-state index in [4.69, 9.17) is 5.73 Å². The summed E-state index contributed by atoms with van der Waals surface area (Å²) in [6.45, 7) is 1.85. The molecule has 0 aliphatic rings. The van der Waals surface area contributed by atoms with Gasteiger partial charge in [-0.05, 0) is 24.6 Å². The molecule has 15 heavy (non-hydrogen) atoms. The van der Waals surface area contributed by atoms with Crippen LogP contribution in [0.5, 0.6) is 0 Å². The molecule has 0 aromatic carbocycles. The van der Waals surface area contributed by atoms with Crippen LogP contribution in [-0.2, 0) is 0 Å². The predicted molar refractivity (Wildman–Crippen MR) is 56.6 cm³/mol. The maximum atomic E-state index is 13.4. The van der Waals surface area contributed by atoms with E-state index in [0.717, 1.165) is 5.56 Å². The van der Waals surface area contributed by atoms with E-state index < -0.39 is 0 Å². The van der Waals surface area contributed by atoms with Crippen molar-refractivity contribution in [2.24, 2.45) is 0 Å². The molecule has 4 heteroatoms. The topological polar surface area (TPSA) is 51.8 Å². The van der Waals surface area contributed by atoms with Crippen molar-refractivity contribution in [2.75, 3.05) is 5.73 Å². The Hall–Kier alpha value is -1.97. The Kier molecular flexibility index (Phi) is 2.33. The molecule has 0 bridgehead atoms. The average molecular weight is 203 g/mol. The van der Waals surface area contributed by atoms with Gasteiger partial charge in [-0.25, -0.2) is 4.39 Å². The van der Waals surface area contributed by atoms with Crippen molar-refractivity contribution in [3.05, 3.63) is 42.1 Å². The van der Waals surface area contributed by atoms with Gasteiger partial charge in [0.2, 0.25) is 0 Å². The summed E-state index contributed by atoms with van der Waals surface area (Å²) in [6.07, 6.45) is 4.23. The van der Waals surface area contributed by atoms with E-state index >= 15 is 0 Å². The van der Waals surface area contributed by atoms with Crippen molar-refractivity contribution in [1.82, 2.24) is 9.97 Å². The fourth-order valence-electron chi connectivity index (χ4n) is 1.45. The van der Waals surface area contributed by atoms with E-state index in [1.807, 2.05) is 6.92 Å². The summed E-state index contributed by atoms with van der Waals surface area (Å²) in [7, 11) is 0. The zero-order valence-electron chi connectivity index (χ0n) is 8.24. The van der Waals surface area contributed by atoms with Crippen molar-refractivity contribution in [2.45, 2.75) is 6.92 Å². The van der Waals surface area contributed by atoms with Crippen LogP contribution in [0.2, 0.25) is 0 Å². The Morgan fingerprint density at radius 2 is 2.13 bits per heavy atom. The summed E-state index contributed by atoms with van der Waals surface area (Å²) in [4.78, 5) is 7.81. The highest BCUT2D eigenvalue weighted by Crippen LogP contribution is 2.23. The lowest BCUT2D eigenvalue weighted by Crippen LogP contribution is -1.94. The molecule has 0 aliphatic heterocycles. The largest absolute Gasteiger partial charge is 0.397 e. The minimum absolute atomic E-state index is 0.377. The summed E-state index contributed by atoms with van der Waals surface area (Å²) in [5.74, 6) is -0.377. The number of hydrogen-bond donors (Lipinski definition) is 1. The molecule has 2 heterocycles. The number of rotatable bonds is 1. The van der Waals surface area contributed by atoms with Gasteiger partial charge in [0, 0.05) is 11.8 Å². The highest BCUT2D eigenvalue weighted by Gasteiger charge is 2.08. The van der Waals surface area contributed by atoms with Crippen LogP contribution in [0, 0.1) is 12.7 Å². The number of halogens is 1. The molecular weight excluding hydrogens is 193 g/mol. The number of hydrogen-bond acceptors (Lipinski definition) is 3. The van der Waals surface area contributed by atoms with Crippen molar-refractivity contribution in [1.29, 1.82) is 0 Å². The fraction of sp³-hybridized carbons (Fsp3) is 0.0909. The Balaban J connectivity index is 2.60. The molecule has 0 spiro atoms. The lowest BCUT2D eigenvalue weighted by molar-refractivity contribution is 0.624. The smallest absolute Gasteiger partial charge is 0.150 e. The lowest BCUT2D eigenvalue weighted by Gasteiger charge is -2.06. The first-order valence-corrected chi connectivity index (χ1v) is 4.50. The molecular formula is C11H10FN3. The molecule has 0 aliphatic carbocycles. The Morgan fingerprint density at radius 3 is 2.80 bits per heavy atom. The van der Waals surface area contributed by atoms with Gasteiger partial charge in [-0.3, -0.25) is 9.97 Å². The van der Waals surface area contributed by atoms with Gasteiger partial charge < -0.3 is 5.73 Å². The number of anilines is 1. The third-order valence-electron chi connectivity index (χ3n) is 2.13. The predicted octanol–water partition coefficient (Wildman–Crippen LogP) is 2.17. The zero-order chi connectivity index (χ0) is 10.8. The number of nitrogen functional groups attached to an aromatic ring is 1. The molecule has 3 nitrogen and oxygen atoms in total. The van der Waals surface area contributed by atoms with E-state index in [1.165, 1.54) is 18.6 Å². The normalized spacial score (nSPS) is 10.3. The van der Waals surface area contributed by atoms with Crippen molar-refractivity contribution in [3.8, 4) is 11.3 Å². The summed E-state index contributed by atoms with van der Waals surface area (Å²) >= 11 is 0. The highest BCUT2D eigenvalue weighted by atomic mass is 19.1. The molecule has 2 rings (SSSR count). The van der Waals surface area contributed by atoms with E-state index in [0.29, 0.717) is 16.9 Å². The first-order valence-electron chi connectivity index (χ1n) is 4.50. The molecule has 2 aromatic heterocycles. The van der Waals surface area contributed by atoms with Crippen molar-refractivity contribution >= 4 is 5.69 Å². The average Bonchev–Trinajstić information content (AvgIpc) is 2.20. The van der Waals surface area contributed by atoms with Crippen LogP contribution >= 0.6 is 0 Å². The summed E-state index contributed by atoms with van der Waals surface area (Å²) < 4.78 is 13.4. The van der Waals surface area contributed by atoms with E-state index in [2.05, 4.69) is 9.97 Å². The highest BCUT2D eigenvalue weighted by molar-refractivity contribution is 5.64. The zero-order valence-corrected chi connectivity index (χ0v) is 8.24. The second-order valence-corrected chi connectivity index (χ2v) is 3.29. The molecule has 0 radical (unpaired) electrons. The molecule has 0 unspecified atom stereocenters. The Labute approximate surface area is 86.8 Å². The van der Waals surface area contributed by atoms with Crippen LogP contribution in [0.25, 0.3) is 11.3 Å². The third kappa shape index (κ3) is 1.79. The molecule has 0 fully saturated rings. The standard InChI is InChI=1S/C11H10FN3/c1-7-4-8(13)5-15-11(7)9-2-3-14-6-10(9)12/h2-6H,13H2,1H3. The Morgan fingerprint density at radius 1 is 1.33 bits per heavy atom. The monoisotopic (exact) mass is 203 g/mol. The van der Waals surface area contributed by atoms with Gasteiger partial charge in [-0.2, -0.15) is 0 Å². The van der Waals surface area contributed by atoms with E-state index in [9.17, 15) is 4.39 Å². The van der Waals surface area contributed by atoms with Gasteiger partial charge in [-0.15, -0.1) is 0 Å². The number of aromatic nitrogens is 2. The quantitative estimate of drug-likeness (QED) is 0.772. The van der Waals surface area contributed by atoms with Crippen LogP contribution in [0.4, 0.5) is 10.1 Å². The molecule has 76 valence electrons. The summed E-state index contributed by atoms with van der Waals surface area (Å²) in [6, 6.07) is 3.36. The molecule has 0 saturated carbocycles. The number of nitrogens with zero attached hydrogens (tertiary/aromatic N) is 2. The maximum Gasteiger partial charge on any atom is 0.150 e. The first-order chi connectivity index (χ1) is 7.18. The van der Waals surface area contributed by atoms with Crippen LogP contribution < -0.4 is 5.73 Å². The van der Waals surface area contributed by atoms with Crippen LogP contribution in [0.3, 0.4) is 0 Å². The summed E-state index contributed by atoms with van der Waals surface area (Å²) in [5, 5.41) is 0. The fourth-order valence-corrected chi connectivity index (χ4v) is 1.45. The minimum Gasteiger partial charge on any atom is -0.397 e. The number of aryl methyl sites for hydroxylation is 1. The molecule has 0 atom stereocenters. The van der Waals surface area contributed by atoms with Crippen LogP contribution in [0.15, 0.2) is 30.7 Å². The van der Waals surface area contributed by atoms with Crippen LogP contribution in [-0.4, -0.2) is 9.97 Å². The lowest BCUT2D eigenvalue weighted by atomic mass is 10.1. The second kappa shape index (κ2) is 3.65. The molecule has 2 aromatic rings. The van der Waals surface area contributed by atoms with Gasteiger partial charge in [-0.1, -0.05) is 0 Å². The summed E-state index contributed by atoms with van der Waals surface area (Å²) in [5.41, 5.74) is 8.04. The van der Waals surface area contributed by atoms with Gasteiger partial charge in [0.25, 0.3) is 0 Å². The molecule has 0 saturated heterocycles. The molecule has 0 amide bonds. The molecule has 2 N–H and O–H groups in total. The van der Waals surface area contributed by atoms with Gasteiger partial charge in [0.05, 0.1) is 23.8 Å². The van der Waals surface area contributed by atoms with E-state index in [-0.39, 0.29) is 5.82 Å². The van der Waals surface area contributed by atoms with Gasteiger partial charge in [0.1, 0.15) is 0 Å². The SMILES string of the molecule is Cc1cc(N)cnc1-c1ccncc1F. The minimum atomic E-state index is -0.377. The van der Waals surface area contributed by atoms with Crippen molar-refractivity contribution in [3.63, 3.8) is 0 Å². The van der Waals surface area contributed by atoms with Crippen LogP contribution in [0.1, 0.15) is 5.56 Å². The van der Waals surface area contributed by atoms with Gasteiger partial charge >= 0.3 is 0 Å².